The fraction of sp³-hybridized carbons (Fsp3) is 0.500. The molecule has 25 heavy (non-hydrogen) atoms. The van der Waals surface area contributed by atoms with Crippen molar-refractivity contribution in [3.8, 4) is 0 Å². The van der Waals surface area contributed by atoms with Gasteiger partial charge < -0.3 is 14.4 Å². The number of nitrogens with zero attached hydrogens (tertiary/aromatic N) is 3. The van der Waals surface area contributed by atoms with Crippen LogP contribution >= 0.6 is 0 Å². The molecule has 2 saturated heterocycles. The van der Waals surface area contributed by atoms with Crippen molar-refractivity contribution >= 4 is 22.7 Å². The van der Waals surface area contributed by atoms with E-state index < -0.39 is 0 Å². The highest BCUT2D eigenvalue weighted by molar-refractivity contribution is 6.07. The summed E-state index contributed by atoms with van der Waals surface area (Å²) in [6, 6.07) is 8.33. The third-order valence-corrected chi connectivity index (χ3v) is 5.96. The summed E-state index contributed by atoms with van der Waals surface area (Å²) >= 11 is 0. The van der Waals surface area contributed by atoms with Crippen LogP contribution < -0.4 is 0 Å². The Hall–Kier alpha value is -2.30. The fourth-order valence-electron chi connectivity index (χ4n) is 4.56. The Morgan fingerprint density at radius 1 is 1.16 bits per heavy atom. The topological polar surface area (TPSA) is 45.6 Å². The predicted molar refractivity (Wildman–Crippen MR) is 97.3 cm³/mol. The van der Waals surface area contributed by atoms with Gasteiger partial charge >= 0.3 is 0 Å². The maximum Gasteiger partial charge on any atom is 0.256 e. The number of carbonyl (C=O) groups excluding carboxylic acids is 2. The maximum absolute atomic E-state index is 13.2. The second-order valence-electron chi connectivity index (χ2n) is 7.43. The molecule has 1 aromatic heterocycles. The lowest BCUT2D eigenvalue weighted by Gasteiger charge is -2.41. The van der Waals surface area contributed by atoms with Crippen molar-refractivity contribution in [2.75, 3.05) is 20.1 Å². The highest BCUT2D eigenvalue weighted by Crippen LogP contribution is 2.31. The monoisotopic (exact) mass is 339 g/mol. The lowest BCUT2D eigenvalue weighted by molar-refractivity contribution is -0.132. The molecular formula is C20H25N3O2. The van der Waals surface area contributed by atoms with Crippen LogP contribution in [0.5, 0.6) is 0 Å². The molecule has 0 aliphatic carbocycles. The van der Waals surface area contributed by atoms with Crippen LogP contribution in [0.25, 0.3) is 10.9 Å². The summed E-state index contributed by atoms with van der Waals surface area (Å²) in [6.07, 6.45) is 5.42. The Labute approximate surface area is 148 Å². The van der Waals surface area contributed by atoms with Gasteiger partial charge in [-0.1, -0.05) is 18.2 Å². The van der Waals surface area contributed by atoms with E-state index in [0.29, 0.717) is 12.3 Å². The van der Waals surface area contributed by atoms with Gasteiger partial charge in [-0.3, -0.25) is 9.59 Å². The van der Waals surface area contributed by atoms with Crippen LogP contribution in [-0.2, 0) is 11.8 Å². The number of hydrogen-bond acceptors (Lipinski definition) is 2. The van der Waals surface area contributed by atoms with Crippen molar-refractivity contribution in [3.63, 3.8) is 0 Å². The molecule has 2 fully saturated rings. The third kappa shape index (κ3) is 2.71. The fourth-order valence-corrected chi connectivity index (χ4v) is 4.56. The molecule has 0 radical (unpaired) electrons. The van der Waals surface area contributed by atoms with Crippen molar-refractivity contribution in [2.24, 2.45) is 13.0 Å². The van der Waals surface area contributed by atoms with E-state index in [-0.39, 0.29) is 17.9 Å². The van der Waals surface area contributed by atoms with Crippen LogP contribution in [0, 0.1) is 5.92 Å². The minimum Gasteiger partial charge on any atom is -0.350 e. The molecule has 0 saturated carbocycles. The minimum atomic E-state index is 0.119. The summed E-state index contributed by atoms with van der Waals surface area (Å²) < 4.78 is 2.02. The summed E-state index contributed by atoms with van der Waals surface area (Å²) in [7, 11) is 3.91. The number of carbonyl (C=O) groups is 2. The smallest absolute Gasteiger partial charge is 0.256 e. The molecule has 0 N–H and O–H groups in total. The largest absolute Gasteiger partial charge is 0.350 e. The highest BCUT2D eigenvalue weighted by Gasteiger charge is 2.37. The SMILES string of the molecule is CN1C(=O)CCC[C@@H]2CN(C(=O)c3cn(C)c4ccccc34)CC[C@H]21. The van der Waals surface area contributed by atoms with Gasteiger partial charge in [0.25, 0.3) is 5.91 Å². The molecular weight excluding hydrogens is 314 g/mol. The Balaban J connectivity index is 1.58. The molecule has 1 aromatic carbocycles. The molecule has 0 bridgehead atoms. The van der Waals surface area contributed by atoms with Crippen LogP contribution in [0.15, 0.2) is 30.5 Å². The van der Waals surface area contributed by atoms with Gasteiger partial charge in [0.15, 0.2) is 0 Å². The number of para-hydroxylation sites is 1. The molecule has 0 unspecified atom stereocenters. The maximum atomic E-state index is 13.2. The van der Waals surface area contributed by atoms with Crippen LogP contribution in [0.2, 0.25) is 0 Å². The lowest BCUT2D eigenvalue weighted by Crippen LogP contribution is -2.51. The molecule has 3 heterocycles. The van der Waals surface area contributed by atoms with Gasteiger partial charge in [-0.2, -0.15) is 0 Å². The number of rotatable bonds is 1. The normalized spacial score (nSPS) is 24.3. The van der Waals surface area contributed by atoms with Gasteiger partial charge in [0.1, 0.15) is 0 Å². The van der Waals surface area contributed by atoms with E-state index in [1.807, 2.05) is 58.9 Å². The van der Waals surface area contributed by atoms with Gasteiger partial charge in [0.05, 0.1) is 5.56 Å². The van der Waals surface area contributed by atoms with Crippen molar-refractivity contribution in [3.05, 3.63) is 36.0 Å². The standard InChI is InChI=1S/C20H25N3O2/c1-21-13-16(15-7-3-4-8-18(15)21)20(25)23-11-10-17-14(12-23)6-5-9-19(24)22(17)2/h3-4,7-8,13-14,17H,5-6,9-12H2,1-2H3/t14-,17-/m1/s1. The Kier molecular flexibility index (Phi) is 4.02. The number of aryl methyl sites for hydroxylation is 1. The highest BCUT2D eigenvalue weighted by atomic mass is 16.2. The first kappa shape index (κ1) is 16.2. The Bertz CT molecular complexity index is 825. The van der Waals surface area contributed by atoms with Crippen LogP contribution in [0.4, 0.5) is 0 Å². The van der Waals surface area contributed by atoms with E-state index in [9.17, 15) is 9.59 Å². The number of benzene rings is 1. The summed E-state index contributed by atoms with van der Waals surface area (Å²) in [5, 5.41) is 1.02. The zero-order valence-electron chi connectivity index (χ0n) is 14.9. The van der Waals surface area contributed by atoms with Crippen molar-refractivity contribution in [2.45, 2.75) is 31.7 Å². The van der Waals surface area contributed by atoms with Gasteiger partial charge in [-0.25, -0.2) is 0 Å². The number of aromatic nitrogens is 1. The predicted octanol–water partition coefficient (Wildman–Crippen LogP) is 2.65. The summed E-state index contributed by atoms with van der Waals surface area (Å²) in [5.41, 5.74) is 1.87. The molecule has 2 aliphatic rings. The van der Waals surface area contributed by atoms with Gasteiger partial charge in [0.2, 0.25) is 5.91 Å². The van der Waals surface area contributed by atoms with E-state index in [0.717, 1.165) is 48.8 Å². The second kappa shape index (κ2) is 6.21. The first-order valence-corrected chi connectivity index (χ1v) is 9.15. The molecule has 0 spiro atoms. The number of amides is 2. The number of hydrogen-bond donors (Lipinski definition) is 0. The minimum absolute atomic E-state index is 0.119. The Morgan fingerprint density at radius 2 is 1.96 bits per heavy atom. The second-order valence-corrected chi connectivity index (χ2v) is 7.43. The van der Waals surface area contributed by atoms with Crippen molar-refractivity contribution in [1.29, 1.82) is 0 Å². The Morgan fingerprint density at radius 3 is 2.80 bits per heavy atom. The molecule has 2 amide bonds. The average molecular weight is 339 g/mol. The van der Waals surface area contributed by atoms with Gasteiger partial charge in [-0.15, -0.1) is 0 Å². The zero-order valence-corrected chi connectivity index (χ0v) is 14.9. The molecule has 132 valence electrons. The van der Waals surface area contributed by atoms with Crippen LogP contribution in [0.1, 0.15) is 36.0 Å². The van der Waals surface area contributed by atoms with E-state index in [1.54, 1.807) is 0 Å². The van der Waals surface area contributed by atoms with Crippen molar-refractivity contribution < 1.29 is 9.59 Å². The molecule has 2 atom stereocenters. The molecule has 5 heteroatoms. The van der Waals surface area contributed by atoms with Gasteiger partial charge in [-0.05, 0) is 31.2 Å². The van der Waals surface area contributed by atoms with Gasteiger partial charge in [0, 0.05) is 56.7 Å². The van der Waals surface area contributed by atoms with Crippen LogP contribution in [-0.4, -0.2) is 52.4 Å². The quantitative estimate of drug-likeness (QED) is 0.802. The summed E-state index contributed by atoms with van der Waals surface area (Å²) in [4.78, 5) is 29.2. The van der Waals surface area contributed by atoms with E-state index >= 15 is 0 Å². The van der Waals surface area contributed by atoms with E-state index in [4.69, 9.17) is 0 Å². The molecule has 5 nitrogen and oxygen atoms in total. The molecule has 4 rings (SSSR count). The van der Waals surface area contributed by atoms with Crippen molar-refractivity contribution in [1.82, 2.24) is 14.4 Å². The lowest BCUT2D eigenvalue weighted by atomic mass is 9.88. The third-order valence-electron chi connectivity index (χ3n) is 5.96. The zero-order chi connectivity index (χ0) is 17.6. The molecule has 2 aromatic rings. The number of piperidine rings is 1. The van der Waals surface area contributed by atoms with E-state index in [2.05, 4.69) is 0 Å². The first-order valence-electron chi connectivity index (χ1n) is 9.15. The van der Waals surface area contributed by atoms with E-state index in [1.165, 1.54) is 0 Å². The number of fused-ring (bicyclic) bond motifs is 2. The summed E-state index contributed by atoms with van der Waals surface area (Å²) in [6.45, 7) is 1.48. The average Bonchev–Trinajstić information content (AvgIpc) is 2.90. The number of likely N-dealkylation sites (tertiary alicyclic amines) is 2. The first-order chi connectivity index (χ1) is 12.1. The molecule has 2 aliphatic heterocycles. The van der Waals surface area contributed by atoms with Crippen LogP contribution in [0.3, 0.4) is 0 Å². The summed E-state index contributed by atoms with van der Waals surface area (Å²) in [5.74, 6) is 0.763.